The zero-order valence-corrected chi connectivity index (χ0v) is 16.0. The lowest BCUT2D eigenvalue weighted by atomic mass is 10.1. The Morgan fingerprint density at radius 3 is 2.58 bits per heavy atom. The average molecular weight is 418 g/mol. The van der Waals surface area contributed by atoms with E-state index in [1.165, 1.54) is 0 Å². The second kappa shape index (κ2) is 8.36. The third-order valence-electron chi connectivity index (χ3n) is 3.95. The number of nitrogens with one attached hydrogen (secondary N) is 1. The highest BCUT2D eigenvalue weighted by molar-refractivity contribution is 9.10. The first-order valence-electron chi connectivity index (χ1n) is 8.46. The molecule has 1 aliphatic rings. The van der Waals surface area contributed by atoms with Crippen LogP contribution in [-0.4, -0.2) is 24.5 Å². The highest BCUT2D eigenvalue weighted by Gasteiger charge is 2.30. The van der Waals surface area contributed by atoms with Crippen LogP contribution in [0.5, 0.6) is 5.75 Å². The second-order valence-corrected chi connectivity index (χ2v) is 7.14. The van der Waals surface area contributed by atoms with Crippen molar-refractivity contribution >= 4 is 27.8 Å². The van der Waals surface area contributed by atoms with Crippen molar-refractivity contribution in [3.05, 3.63) is 64.1 Å². The largest absolute Gasteiger partial charge is 0.481 e. The molecular formula is C20H20BrNO4. The molecule has 0 aromatic heterocycles. The molecule has 3 rings (SSSR count). The number of hydrogen-bond acceptors (Lipinski definition) is 4. The topological polar surface area (TPSA) is 64.6 Å². The van der Waals surface area contributed by atoms with Crippen LogP contribution in [0.3, 0.4) is 0 Å². The average Bonchev–Trinajstić information content (AvgIpc) is 3.43. The summed E-state index contributed by atoms with van der Waals surface area (Å²) < 4.78 is 11.7. The third-order valence-corrected chi connectivity index (χ3v) is 4.57. The van der Waals surface area contributed by atoms with Crippen molar-refractivity contribution in [2.45, 2.75) is 31.9 Å². The summed E-state index contributed by atoms with van der Waals surface area (Å²) in [5, 5.41) is 2.88. The molecule has 0 saturated heterocycles. The van der Waals surface area contributed by atoms with Gasteiger partial charge < -0.3 is 14.8 Å². The van der Waals surface area contributed by atoms with Gasteiger partial charge in [0.15, 0.2) is 6.61 Å². The highest BCUT2D eigenvalue weighted by Crippen LogP contribution is 2.26. The summed E-state index contributed by atoms with van der Waals surface area (Å²) in [7, 11) is 0. The molecular weight excluding hydrogens is 398 g/mol. The Bertz CT molecular complexity index is 790. The fourth-order valence-electron chi connectivity index (χ4n) is 2.43. The van der Waals surface area contributed by atoms with Gasteiger partial charge in [-0.15, -0.1) is 0 Å². The Balaban J connectivity index is 1.63. The normalized spacial score (nSPS) is 14.4. The molecule has 0 spiro atoms. The maximum Gasteiger partial charge on any atom is 0.345 e. The molecule has 2 aromatic carbocycles. The summed E-state index contributed by atoms with van der Waals surface area (Å²) in [6.07, 6.45) is 0.951. The van der Waals surface area contributed by atoms with E-state index < -0.39 is 12.1 Å². The SMILES string of the molecule is Cc1ccc(OCC(=O)O[C@H](C(=O)NC2CC2)c2ccccc2)c(Br)c1. The zero-order valence-electron chi connectivity index (χ0n) is 14.4. The smallest absolute Gasteiger partial charge is 0.345 e. The van der Waals surface area contributed by atoms with Crippen LogP contribution in [-0.2, 0) is 14.3 Å². The number of carbonyl (C=O) groups excluding carboxylic acids is 2. The van der Waals surface area contributed by atoms with Gasteiger partial charge in [0.25, 0.3) is 5.91 Å². The molecule has 2 aromatic rings. The van der Waals surface area contributed by atoms with Gasteiger partial charge >= 0.3 is 5.97 Å². The first kappa shape index (κ1) is 18.5. The Morgan fingerprint density at radius 2 is 1.92 bits per heavy atom. The van der Waals surface area contributed by atoms with Crippen LogP contribution in [0.4, 0.5) is 0 Å². The van der Waals surface area contributed by atoms with Gasteiger partial charge in [0, 0.05) is 11.6 Å². The van der Waals surface area contributed by atoms with Gasteiger partial charge in [-0.25, -0.2) is 4.79 Å². The summed E-state index contributed by atoms with van der Waals surface area (Å²) >= 11 is 3.40. The zero-order chi connectivity index (χ0) is 18.5. The Labute approximate surface area is 160 Å². The summed E-state index contributed by atoms with van der Waals surface area (Å²) in [5.41, 5.74) is 1.71. The third kappa shape index (κ3) is 5.08. The van der Waals surface area contributed by atoms with Crippen LogP contribution < -0.4 is 10.1 Å². The van der Waals surface area contributed by atoms with Crippen molar-refractivity contribution in [2.75, 3.05) is 6.61 Å². The maximum atomic E-state index is 12.5. The summed E-state index contributed by atoms with van der Waals surface area (Å²) in [6, 6.07) is 14.7. The molecule has 1 amide bonds. The first-order valence-corrected chi connectivity index (χ1v) is 9.26. The highest BCUT2D eigenvalue weighted by atomic mass is 79.9. The molecule has 136 valence electrons. The van der Waals surface area contributed by atoms with E-state index in [2.05, 4.69) is 21.2 Å². The summed E-state index contributed by atoms with van der Waals surface area (Å²) in [6.45, 7) is 1.69. The fraction of sp³-hybridized carbons (Fsp3) is 0.300. The van der Waals surface area contributed by atoms with Gasteiger partial charge in [-0.2, -0.15) is 0 Å². The van der Waals surface area contributed by atoms with Gasteiger partial charge in [0.2, 0.25) is 6.10 Å². The molecule has 0 aliphatic heterocycles. The molecule has 1 N–H and O–H groups in total. The van der Waals surface area contributed by atoms with E-state index in [1.54, 1.807) is 30.3 Å². The number of benzene rings is 2. The summed E-state index contributed by atoms with van der Waals surface area (Å²) in [5.74, 6) is -0.355. The first-order chi connectivity index (χ1) is 12.5. The van der Waals surface area contributed by atoms with Gasteiger partial charge in [0.05, 0.1) is 4.47 Å². The van der Waals surface area contributed by atoms with E-state index in [9.17, 15) is 9.59 Å². The second-order valence-electron chi connectivity index (χ2n) is 6.29. The van der Waals surface area contributed by atoms with Gasteiger partial charge in [-0.05, 0) is 53.4 Å². The van der Waals surface area contributed by atoms with Crippen molar-refractivity contribution in [3.8, 4) is 5.75 Å². The molecule has 0 radical (unpaired) electrons. The lowest BCUT2D eigenvalue weighted by Gasteiger charge is -2.18. The maximum absolute atomic E-state index is 12.5. The van der Waals surface area contributed by atoms with E-state index in [1.807, 2.05) is 25.1 Å². The van der Waals surface area contributed by atoms with E-state index >= 15 is 0 Å². The number of esters is 1. The van der Waals surface area contributed by atoms with Crippen molar-refractivity contribution in [1.82, 2.24) is 5.32 Å². The molecule has 0 bridgehead atoms. The van der Waals surface area contributed by atoms with Crippen molar-refractivity contribution in [1.29, 1.82) is 0 Å². The Kier molecular flexibility index (Phi) is 5.93. The molecule has 1 aliphatic carbocycles. The van der Waals surface area contributed by atoms with Crippen molar-refractivity contribution < 1.29 is 19.1 Å². The van der Waals surface area contributed by atoms with Crippen molar-refractivity contribution in [3.63, 3.8) is 0 Å². The van der Waals surface area contributed by atoms with Crippen LogP contribution in [0, 0.1) is 6.92 Å². The number of amides is 1. The number of ether oxygens (including phenoxy) is 2. The van der Waals surface area contributed by atoms with Crippen LogP contribution in [0.25, 0.3) is 0 Å². The molecule has 5 nitrogen and oxygen atoms in total. The number of rotatable bonds is 7. The van der Waals surface area contributed by atoms with E-state index in [0.717, 1.165) is 22.9 Å². The number of carbonyl (C=O) groups is 2. The number of halogens is 1. The molecule has 26 heavy (non-hydrogen) atoms. The lowest BCUT2D eigenvalue weighted by molar-refractivity contribution is -0.158. The molecule has 1 atom stereocenters. The molecule has 6 heteroatoms. The predicted molar refractivity (Wildman–Crippen MR) is 101 cm³/mol. The molecule has 1 fully saturated rings. The minimum atomic E-state index is -0.977. The fourth-order valence-corrected chi connectivity index (χ4v) is 3.04. The minimum Gasteiger partial charge on any atom is -0.481 e. The standard InChI is InChI=1S/C20H20BrNO4/c1-13-7-10-17(16(21)11-13)25-12-18(23)26-19(14-5-3-2-4-6-14)20(24)22-15-8-9-15/h2-7,10-11,15,19H,8-9,12H2,1H3,(H,22,24)/t19-/m0/s1. The Hall–Kier alpha value is -2.34. The monoisotopic (exact) mass is 417 g/mol. The van der Waals surface area contributed by atoms with Gasteiger partial charge in [0.1, 0.15) is 5.75 Å². The summed E-state index contributed by atoms with van der Waals surface area (Å²) in [4.78, 5) is 24.7. The predicted octanol–water partition coefficient (Wildman–Crippen LogP) is 3.70. The van der Waals surface area contributed by atoms with Gasteiger partial charge in [-0.3, -0.25) is 4.79 Å². The quantitative estimate of drug-likeness (QED) is 0.697. The van der Waals surface area contributed by atoms with E-state index in [4.69, 9.17) is 9.47 Å². The lowest BCUT2D eigenvalue weighted by Crippen LogP contribution is -2.34. The van der Waals surface area contributed by atoms with Crippen LogP contribution in [0.2, 0.25) is 0 Å². The van der Waals surface area contributed by atoms with Crippen LogP contribution in [0.1, 0.15) is 30.1 Å². The van der Waals surface area contributed by atoms with Gasteiger partial charge in [-0.1, -0.05) is 36.4 Å². The van der Waals surface area contributed by atoms with Crippen molar-refractivity contribution in [2.24, 2.45) is 0 Å². The molecule has 0 unspecified atom stereocenters. The molecule has 1 saturated carbocycles. The minimum absolute atomic E-state index is 0.187. The molecule has 0 heterocycles. The van der Waals surface area contributed by atoms with E-state index in [0.29, 0.717) is 11.3 Å². The number of aryl methyl sites for hydroxylation is 1. The van der Waals surface area contributed by atoms with E-state index in [-0.39, 0.29) is 18.6 Å². The Morgan fingerprint density at radius 1 is 1.19 bits per heavy atom. The van der Waals surface area contributed by atoms with Crippen LogP contribution >= 0.6 is 15.9 Å². The van der Waals surface area contributed by atoms with Crippen LogP contribution in [0.15, 0.2) is 53.0 Å². The number of hydrogen-bond donors (Lipinski definition) is 1.